The van der Waals surface area contributed by atoms with E-state index in [1.54, 1.807) is 26.2 Å². The summed E-state index contributed by atoms with van der Waals surface area (Å²) in [5, 5.41) is 9.09. The molecule has 1 aromatic carbocycles. The average Bonchev–Trinajstić information content (AvgIpc) is 2.50. The van der Waals surface area contributed by atoms with Gasteiger partial charge in [0.25, 0.3) is 0 Å². The maximum absolute atomic E-state index is 11.1. The van der Waals surface area contributed by atoms with Crippen LogP contribution in [0.3, 0.4) is 0 Å². The fraction of sp³-hybridized carbons (Fsp3) is 0.471. The minimum absolute atomic E-state index is 0.313. The van der Waals surface area contributed by atoms with Crippen LogP contribution in [0.15, 0.2) is 12.6 Å². The molecule has 0 aromatic heterocycles. The monoisotopic (exact) mass is 280 g/mol. The molecule has 0 saturated heterocycles. The second kappa shape index (κ2) is 11.1. The summed E-state index contributed by atoms with van der Waals surface area (Å²) in [7, 11) is 1.58. The Bertz CT molecular complexity index is 434. The summed E-state index contributed by atoms with van der Waals surface area (Å²) in [6, 6.07) is 1.60. The third-order valence-corrected chi connectivity index (χ3v) is 2.70. The van der Waals surface area contributed by atoms with Crippen molar-refractivity contribution in [3.63, 3.8) is 0 Å². The van der Waals surface area contributed by atoms with E-state index in [1.807, 2.05) is 34.6 Å². The van der Waals surface area contributed by atoms with E-state index in [0.29, 0.717) is 5.56 Å². The van der Waals surface area contributed by atoms with Gasteiger partial charge in [-0.25, -0.2) is 4.79 Å². The van der Waals surface area contributed by atoms with Crippen LogP contribution in [-0.4, -0.2) is 18.2 Å². The molecule has 1 rings (SSSR count). The van der Waals surface area contributed by atoms with Crippen molar-refractivity contribution in [2.24, 2.45) is 0 Å². The largest absolute Gasteiger partial charge is 0.496 e. The zero-order valence-corrected chi connectivity index (χ0v) is 13.8. The molecule has 0 bridgehead atoms. The van der Waals surface area contributed by atoms with E-state index in [0.717, 1.165) is 28.9 Å². The highest BCUT2D eigenvalue weighted by Gasteiger charge is 2.17. The molecule has 20 heavy (non-hydrogen) atoms. The zero-order chi connectivity index (χ0) is 16.3. The number of benzene rings is 1. The van der Waals surface area contributed by atoms with Gasteiger partial charge in [-0.2, -0.15) is 0 Å². The molecule has 0 radical (unpaired) electrons. The number of hydrogen-bond acceptors (Lipinski definition) is 2. The fourth-order valence-corrected chi connectivity index (χ4v) is 1.88. The van der Waals surface area contributed by atoms with Gasteiger partial charge in [-0.15, -0.1) is 0 Å². The van der Waals surface area contributed by atoms with Gasteiger partial charge < -0.3 is 9.84 Å². The van der Waals surface area contributed by atoms with Gasteiger partial charge >= 0.3 is 5.97 Å². The molecular formula is C17H28O3. The lowest BCUT2D eigenvalue weighted by Gasteiger charge is -2.15. The molecule has 0 aliphatic rings. The predicted molar refractivity (Wildman–Crippen MR) is 86.9 cm³/mol. The van der Waals surface area contributed by atoms with Crippen molar-refractivity contribution in [2.75, 3.05) is 7.11 Å². The summed E-state index contributed by atoms with van der Waals surface area (Å²) in [5.41, 5.74) is 2.73. The topological polar surface area (TPSA) is 46.5 Å². The van der Waals surface area contributed by atoms with Crippen LogP contribution < -0.4 is 4.74 Å². The molecule has 0 spiro atoms. The van der Waals surface area contributed by atoms with Crippen molar-refractivity contribution < 1.29 is 14.6 Å². The second-order valence-electron chi connectivity index (χ2n) is 3.51. The standard InChI is InChI=1S/C13H16O3.2C2H6/c1-5-9-7-11(13(14)15)8(3)10(6-2)12(9)16-4;2*1-2/h5,7H,1,6H2,2-4H3,(H,14,15);2*1-2H3. The maximum Gasteiger partial charge on any atom is 0.335 e. The van der Waals surface area contributed by atoms with Gasteiger partial charge in [0.05, 0.1) is 12.7 Å². The van der Waals surface area contributed by atoms with Crippen LogP contribution in [-0.2, 0) is 6.42 Å². The Balaban J connectivity index is 0. The first-order valence-corrected chi connectivity index (χ1v) is 7.13. The van der Waals surface area contributed by atoms with Crippen molar-refractivity contribution in [1.82, 2.24) is 0 Å². The van der Waals surface area contributed by atoms with Gasteiger partial charge in [0.2, 0.25) is 0 Å². The quantitative estimate of drug-likeness (QED) is 0.848. The van der Waals surface area contributed by atoms with Gasteiger partial charge in [-0.1, -0.05) is 47.3 Å². The smallest absolute Gasteiger partial charge is 0.335 e. The first-order chi connectivity index (χ1) is 9.56. The molecule has 1 N–H and O–H groups in total. The number of methoxy groups -OCH3 is 1. The van der Waals surface area contributed by atoms with Crippen molar-refractivity contribution in [3.8, 4) is 5.75 Å². The molecule has 0 aliphatic carbocycles. The maximum atomic E-state index is 11.1. The number of carboxylic acid groups (broad SMARTS) is 1. The number of aromatic carboxylic acids is 1. The third-order valence-electron chi connectivity index (χ3n) is 2.70. The number of rotatable bonds is 4. The highest BCUT2D eigenvalue weighted by Crippen LogP contribution is 2.31. The lowest BCUT2D eigenvalue weighted by Crippen LogP contribution is -2.06. The van der Waals surface area contributed by atoms with E-state index >= 15 is 0 Å². The Labute approximate surface area is 123 Å². The van der Waals surface area contributed by atoms with Crippen molar-refractivity contribution in [1.29, 1.82) is 0 Å². The van der Waals surface area contributed by atoms with Crippen molar-refractivity contribution >= 4 is 12.0 Å². The van der Waals surface area contributed by atoms with E-state index in [2.05, 4.69) is 6.58 Å². The molecule has 0 saturated carbocycles. The first-order valence-electron chi connectivity index (χ1n) is 7.13. The Kier molecular flexibility index (Phi) is 11.4. The van der Waals surface area contributed by atoms with Gasteiger partial charge in [0.15, 0.2) is 0 Å². The van der Waals surface area contributed by atoms with E-state index in [-0.39, 0.29) is 0 Å². The average molecular weight is 280 g/mol. The highest BCUT2D eigenvalue weighted by atomic mass is 16.5. The van der Waals surface area contributed by atoms with E-state index in [4.69, 9.17) is 9.84 Å². The molecule has 3 nitrogen and oxygen atoms in total. The van der Waals surface area contributed by atoms with E-state index in [1.165, 1.54) is 0 Å². The number of hydrogen-bond donors (Lipinski definition) is 1. The first kappa shape index (κ1) is 20.5. The van der Waals surface area contributed by atoms with Crippen LogP contribution in [0.2, 0.25) is 0 Å². The number of carbonyl (C=O) groups is 1. The second-order valence-corrected chi connectivity index (χ2v) is 3.51. The summed E-state index contributed by atoms with van der Waals surface area (Å²) in [5.74, 6) is -0.196. The summed E-state index contributed by atoms with van der Waals surface area (Å²) < 4.78 is 5.31. The van der Waals surface area contributed by atoms with Crippen LogP contribution in [0.25, 0.3) is 6.08 Å². The molecule has 1 aromatic rings. The van der Waals surface area contributed by atoms with Gasteiger partial charge in [0.1, 0.15) is 5.75 Å². The number of carboxylic acids is 1. The summed E-state index contributed by atoms with van der Waals surface area (Å²) in [6.07, 6.45) is 2.35. The van der Waals surface area contributed by atoms with Gasteiger partial charge in [-0.05, 0) is 30.5 Å². The number of ether oxygens (including phenoxy) is 1. The summed E-state index contributed by atoms with van der Waals surface area (Å²) >= 11 is 0. The Morgan fingerprint density at radius 2 is 1.85 bits per heavy atom. The molecule has 0 unspecified atom stereocenters. The normalized spacial score (nSPS) is 8.55. The Morgan fingerprint density at radius 1 is 1.35 bits per heavy atom. The van der Waals surface area contributed by atoms with Crippen LogP contribution in [0.5, 0.6) is 5.75 Å². The Hall–Kier alpha value is -1.77. The predicted octanol–water partition coefficient (Wildman–Crippen LogP) is 4.96. The minimum atomic E-state index is -0.919. The summed E-state index contributed by atoms with van der Waals surface area (Å²) in [6.45, 7) is 15.5. The molecule has 0 fully saturated rings. The van der Waals surface area contributed by atoms with Gasteiger partial charge in [-0.3, -0.25) is 0 Å². The summed E-state index contributed by atoms with van der Waals surface area (Å²) in [4.78, 5) is 11.1. The Morgan fingerprint density at radius 3 is 2.15 bits per heavy atom. The molecule has 0 heterocycles. The van der Waals surface area contributed by atoms with Crippen LogP contribution in [0.4, 0.5) is 0 Å². The zero-order valence-electron chi connectivity index (χ0n) is 13.8. The molecule has 0 aliphatic heterocycles. The van der Waals surface area contributed by atoms with Crippen LogP contribution >= 0.6 is 0 Å². The lowest BCUT2D eigenvalue weighted by atomic mass is 9.95. The minimum Gasteiger partial charge on any atom is -0.496 e. The van der Waals surface area contributed by atoms with Crippen molar-refractivity contribution in [2.45, 2.75) is 48.0 Å². The third kappa shape index (κ3) is 4.72. The SMILES string of the molecule is C=Cc1cc(C(=O)O)c(C)c(CC)c1OC.CC.CC. The molecule has 0 atom stereocenters. The van der Waals surface area contributed by atoms with Crippen LogP contribution in [0.1, 0.15) is 61.7 Å². The van der Waals surface area contributed by atoms with E-state index in [9.17, 15) is 4.79 Å². The van der Waals surface area contributed by atoms with Crippen LogP contribution in [0, 0.1) is 6.92 Å². The van der Waals surface area contributed by atoms with Crippen molar-refractivity contribution in [3.05, 3.63) is 34.9 Å². The van der Waals surface area contributed by atoms with Gasteiger partial charge in [0, 0.05) is 5.56 Å². The molecule has 114 valence electrons. The fourth-order valence-electron chi connectivity index (χ4n) is 1.88. The lowest BCUT2D eigenvalue weighted by molar-refractivity contribution is 0.0696. The van der Waals surface area contributed by atoms with E-state index < -0.39 is 5.97 Å². The molecule has 0 amide bonds. The molecule has 3 heteroatoms. The molecular weight excluding hydrogens is 252 g/mol. The highest BCUT2D eigenvalue weighted by molar-refractivity contribution is 5.91.